The van der Waals surface area contributed by atoms with Crippen molar-refractivity contribution in [3.63, 3.8) is 0 Å². The summed E-state index contributed by atoms with van der Waals surface area (Å²) in [6.45, 7) is 2.00. The summed E-state index contributed by atoms with van der Waals surface area (Å²) in [4.78, 5) is 27.9. The third-order valence-electron chi connectivity index (χ3n) is 6.61. The van der Waals surface area contributed by atoms with Crippen molar-refractivity contribution < 1.29 is 14.3 Å². The number of rotatable bonds is 6. The predicted molar refractivity (Wildman–Crippen MR) is 142 cm³/mol. The van der Waals surface area contributed by atoms with Crippen LogP contribution >= 0.6 is 23.7 Å². The number of ether oxygens (including phenoxy) is 1. The lowest BCUT2D eigenvalue weighted by molar-refractivity contribution is -0.117. The largest absolute Gasteiger partial charge is 0.457 e. The molecule has 3 amide bonds. The molecule has 1 atom stereocenters. The van der Waals surface area contributed by atoms with Crippen LogP contribution in [0, 0.1) is 6.92 Å². The Hall–Kier alpha value is -3.30. The smallest absolute Gasteiger partial charge is 0.336 e. The highest BCUT2D eigenvalue weighted by Crippen LogP contribution is 2.47. The molecule has 0 radical (unpaired) electrons. The molecule has 3 heterocycles. The van der Waals surface area contributed by atoms with Crippen molar-refractivity contribution in [3.8, 4) is 11.5 Å². The highest BCUT2D eigenvalue weighted by Gasteiger charge is 2.43. The van der Waals surface area contributed by atoms with E-state index in [-0.39, 0.29) is 23.4 Å². The third-order valence-corrected chi connectivity index (χ3v) is 9.04. The van der Waals surface area contributed by atoms with Crippen LogP contribution in [-0.2, 0) is 4.79 Å². The van der Waals surface area contributed by atoms with Gasteiger partial charge in [-0.1, -0.05) is 42.8 Å². The minimum Gasteiger partial charge on any atom is -0.457 e. The zero-order chi connectivity index (χ0) is 24.6. The van der Waals surface area contributed by atoms with Gasteiger partial charge in [0.05, 0.1) is 16.3 Å². The summed E-state index contributed by atoms with van der Waals surface area (Å²) in [5, 5.41) is 9.38. The second-order valence-electron chi connectivity index (χ2n) is 9.11. The average Bonchev–Trinajstić information content (AvgIpc) is 3.52. The van der Waals surface area contributed by atoms with Crippen molar-refractivity contribution in [3.05, 3.63) is 88.2 Å². The monoisotopic (exact) mass is 518 g/mol. The van der Waals surface area contributed by atoms with Crippen LogP contribution in [0.5, 0.6) is 11.5 Å². The third kappa shape index (κ3) is 4.37. The molecule has 1 aliphatic carbocycles. The predicted octanol–water partition coefficient (Wildman–Crippen LogP) is 5.53. The average molecular weight is 519 g/mol. The molecule has 1 fully saturated rings. The number of dihydropyridines is 1. The normalized spacial score (nSPS) is 20.9. The van der Waals surface area contributed by atoms with Crippen LogP contribution in [-0.4, -0.2) is 27.7 Å². The fourth-order valence-electron chi connectivity index (χ4n) is 4.83. The van der Waals surface area contributed by atoms with Crippen molar-refractivity contribution in [2.45, 2.75) is 48.9 Å². The number of allylic oxidation sites excluding steroid dienone is 1. The van der Waals surface area contributed by atoms with Gasteiger partial charge in [0.25, 0.3) is 5.91 Å². The molecule has 3 N–H and O–H groups in total. The number of para-hydroxylation sites is 1. The summed E-state index contributed by atoms with van der Waals surface area (Å²) in [6, 6.07) is 15.4. The molecule has 6 rings (SSSR count). The lowest BCUT2D eigenvalue weighted by Gasteiger charge is -2.33. The van der Waals surface area contributed by atoms with Crippen LogP contribution in [0.25, 0.3) is 0 Å². The fourth-order valence-corrected chi connectivity index (χ4v) is 6.93. The van der Waals surface area contributed by atoms with Crippen LogP contribution in [0.3, 0.4) is 0 Å². The maximum atomic E-state index is 13.3. The number of hydrogen-bond acceptors (Lipinski definition) is 6. The maximum Gasteiger partial charge on any atom is 0.336 e. The summed E-state index contributed by atoms with van der Waals surface area (Å²) >= 11 is 2.82. The Kier molecular flexibility index (Phi) is 6.18. The van der Waals surface area contributed by atoms with Gasteiger partial charge in [-0.2, -0.15) is 0 Å². The molecule has 36 heavy (non-hydrogen) atoms. The van der Waals surface area contributed by atoms with Gasteiger partial charge in [0.2, 0.25) is 0 Å². The minimum absolute atomic E-state index is 0.101. The first-order valence-corrected chi connectivity index (χ1v) is 13.7. The van der Waals surface area contributed by atoms with Gasteiger partial charge in [0.15, 0.2) is 0 Å². The van der Waals surface area contributed by atoms with Crippen LogP contribution in [0.4, 0.5) is 4.79 Å². The molecule has 3 aliphatic heterocycles. The van der Waals surface area contributed by atoms with Crippen LogP contribution in [0.2, 0.25) is 0 Å². The zero-order valence-corrected chi connectivity index (χ0v) is 21.4. The first-order chi connectivity index (χ1) is 17.6. The van der Waals surface area contributed by atoms with Crippen molar-refractivity contribution in [2.24, 2.45) is 0 Å². The molecule has 9 heteroatoms. The highest BCUT2D eigenvalue weighted by atomic mass is 32.2. The second kappa shape index (κ2) is 9.63. The van der Waals surface area contributed by atoms with Crippen molar-refractivity contribution in [2.75, 3.05) is 0 Å². The maximum absolute atomic E-state index is 13.3. The fraction of sp³-hybridized carbons (Fsp3) is 0.259. The van der Waals surface area contributed by atoms with Crippen molar-refractivity contribution >= 4 is 35.6 Å². The van der Waals surface area contributed by atoms with Gasteiger partial charge >= 0.3 is 6.03 Å². The molecule has 2 aromatic rings. The molecule has 184 valence electrons. The zero-order valence-electron chi connectivity index (χ0n) is 19.7. The summed E-state index contributed by atoms with van der Waals surface area (Å²) in [5.41, 5.74) is 3.35. The minimum atomic E-state index is -0.267. The Morgan fingerprint density at radius 2 is 1.94 bits per heavy atom. The van der Waals surface area contributed by atoms with E-state index in [9.17, 15) is 9.59 Å². The van der Waals surface area contributed by atoms with E-state index in [2.05, 4.69) is 16.0 Å². The number of hydrogen-bond donors (Lipinski definition) is 3. The van der Waals surface area contributed by atoms with Crippen LogP contribution < -0.4 is 20.7 Å². The molecule has 7 nitrogen and oxygen atoms in total. The molecule has 4 aliphatic rings. The standard InChI is InChI=1S/C27H26N4O3S2/c1-16-15-19(34-18-9-3-2-4-10-18)11-12-21(16)36-31-20-13-14-28-26-22(20)23(30-27(31)33)24(35-26)25(32)29-17-7-5-6-8-17/h2-4,9-15,17,26,28H,5-8H2,1H3,(H,29,32)(H,30,33). The topological polar surface area (TPSA) is 82.7 Å². The molecule has 0 saturated heterocycles. The number of urea groups is 1. The van der Waals surface area contributed by atoms with Crippen molar-refractivity contribution in [1.29, 1.82) is 0 Å². The van der Waals surface area contributed by atoms with E-state index >= 15 is 0 Å². The SMILES string of the molecule is Cc1cc(Oc2ccccc2)ccc1SN1C(=O)NC2=C(C(=O)NC3CCCC3)SC3NC=CC1=C23. The van der Waals surface area contributed by atoms with Gasteiger partial charge in [-0.3, -0.25) is 4.79 Å². The van der Waals surface area contributed by atoms with Crippen molar-refractivity contribution in [1.82, 2.24) is 20.3 Å². The van der Waals surface area contributed by atoms with E-state index in [0.29, 0.717) is 10.6 Å². The Labute approximate surface area is 218 Å². The Morgan fingerprint density at radius 3 is 2.72 bits per heavy atom. The van der Waals surface area contributed by atoms with E-state index < -0.39 is 0 Å². The Bertz CT molecular complexity index is 1320. The highest BCUT2D eigenvalue weighted by molar-refractivity contribution is 8.05. The molecule has 0 bridgehead atoms. The quantitative estimate of drug-likeness (QED) is 0.436. The number of amides is 3. The van der Waals surface area contributed by atoms with Gasteiger partial charge in [0, 0.05) is 16.5 Å². The molecule has 0 aromatic heterocycles. The summed E-state index contributed by atoms with van der Waals surface area (Å²) in [6.07, 6.45) is 8.08. The summed E-state index contributed by atoms with van der Waals surface area (Å²) in [7, 11) is 0. The number of benzene rings is 2. The molecule has 0 spiro atoms. The number of carbonyl (C=O) groups excluding carboxylic acids is 2. The van der Waals surface area contributed by atoms with Gasteiger partial charge < -0.3 is 20.7 Å². The summed E-state index contributed by atoms with van der Waals surface area (Å²) in [5.74, 6) is 1.41. The van der Waals surface area contributed by atoms with E-state index in [4.69, 9.17) is 4.74 Å². The number of thioether (sulfide) groups is 1. The Balaban J connectivity index is 1.25. The number of nitrogens with zero attached hydrogens (tertiary/aromatic N) is 1. The lowest BCUT2D eigenvalue weighted by Crippen LogP contribution is -2.44. The van der Waals surface area contributed by atoms with Crippen LogP contribution in [0.1, 0.15) is 31.2 Å². The van der Waals surface area contributed by atoms with E-state index in [1.165, 1.54) is 23.7 Å². The van der Waals surface area contributed by atoms with E-state index in [1.807, 2.05) is 67.7 Å². The first-order valence-electron chi connectivity index (χ1n) is 12.1. The number of nitrogens with one attached hydrogen (secondary N) is 3. The van der Waals surface area contributed by atoms with Gasteiger partial charge in [-0.25, -0.2) is 9.10 Å². The molecule has 1 unspecified atom stereocenters. The van der Waals surface area contributed by atoms with E-state index in [1.54, 1.807) is 4.31 Å². The Morgan fingerprint density at radius 1 is 1.14 bits per heavy atom. The number of carbonyl (C=O) groups is 2. The second-order valence-corrected chi connectivity index (χ2v) is 11.2. The molecule has 1 saturated carbocycles. The van der Waals surface area contributed by atoms with Gasteiger partial charge in [0.1, 0.15) is 16.9 Å². The van der Waals surface area contributed by atoms with Gasteiger partial charge in [-0.15, -0.1) is 0 Å². The molecular formula is C27H26N4O3S2. The van der Waals surface area contributed by atoms with Crippen LogP contribution in [0.15, 0.2) is 87.6 Å². The van der Waals surface area contributed by atoms with Gasteiger partial charge in [-0.05, 0) is 79.9 Å². The lowest BCUT2D eigenvalue weighted by atomic mass is 10.0. The molecular weight excluding hydrogens is 492 g/mol. The first kappa shape index (κ1) is 23.1. The number of aryl methyl sites for hydroxylation is 1. The molecule has 2 aromatic carbocycles. The van der Waals surface area contributed by atoms with E-state index in [0.717, 1.165) is 58.9 Å². The summed E-state index contributed by atoms with van der Waals surface area (Å²) < 4.78 is 7.62.